The van der Waals surface area contributed by atoms with Crippen molar-refractivity contribution in [1.82, 2.24) is 10.3 Å². The molecule has 0 radical (unpaired) electrons. The van der Waals surface area contributed by atoms with E-state index in [0.29, 0.717) is 5.13 Å². The first kappa shape index (κ1) is 18.7. The van der Waals surface area contributed by atoms with Gasteiger partial charge in [-0.3, -0.25) is 9.59 Å². The highest BCUT2D eigenvalue weighted by Crippen LogP contribution is 2.21. The fraction of sp³-hybridized carbons (Fsp3) is 0.150. The summed E-state index contributed by atoms with van der Waals surface area (Å²) >= 11 is 1.38. The first-order valence-corrected chi connectivity index (χ1v) is 9.16. The molecular weight excluding hydrogens is 365 g/mol. The predicted octanol–water partition coefficient (Wildman–Crippen LogP) is 3.55. The molecule has 0 fully saturated rings. The number of nitrogens with one attached hydrogen (secondary N) is 2. The van der Waals surface area contributed by atoms with Gasteiger partial charge < -0.3 is 10.6 Å². The van der Waals surface area contributed by atoms with Crippen molar-refractivity contribution in [1.29, 1.82) is 0 Å². The Morgan fingerprint density at radius 1 is 1.15 bits per heavy atom. The van der Waals surface area contributed by atoms with E-state index in [4.69, 9.17) is 0 Å². The number of benzene rings is 2. The van der Waals surface area contributed by atoms with Crippen molar-refractivity contribution in [2.75, 3.05) is 11.9 Å². The number of nitrogens with zero attached hydrogens (tertiary/aromatic N) is 1. The monoisotopic (exact) mass is 383 g/mol. The van der Waals surface area contributed by atoms with Crippen molar-refractivity contribution < 1.29 is 14.0 Å². The van der Waals surface area contributed by atoms with Crippen molar-refractivity contribution in [3.8, 4) is 0 Å². The number of carbonyl (C=O) groups excluding carboxylic acids is 2. The number of anilines is 1. The normalized spacial score (nSPS) is 10.4. The molecule has 2 N–H and O–H groups in total. The Morgan fingerprint density at radius 2 is 1.96 bits per heavy atom. The Labute approximate surface area is 160 Å². The summed E-state index contributed by atoms with van der Waals surface area (Å²) in [6.07, 6.45) is 2.46. The Balaban J connectivity index is 1.52. The van der Waals surface area contributed by atoms with Crippen molar-refractivity contribution in [3.05, 3.63) is 82.1 Å². The van der Waals surface area contributed by atoms with E-state index >= 15 is 0 Å². The van der Waals surface area contributed by atoms with Gasteiger partial charge in [0.2, 0.25) is 5.91 Å². The van der Waals surface area contributed by atoms with Crippen LogP contribution >= 0.6 is 11.3 Å². The lowest BCUT2D eigenvalue weighted by molar-refractivity contribution is -0.115. The SMILES string of the molecule is Cc1cccc(Cc2cnc(NC(=O)CNC(=O)c3ccccc3F)s2)c1. The van der Waals surface area contributed by atoms with E-state index in [0.717, 1.165) is 11.3 Å². The second-order valence-corrected chi connectivity index (χ2v) is 7.12. The summed E-state index contributed by atoms with van der Waals surface area (Å²) in [6.45, 7) is 1.78. The van der Waals surface area contributed by atoms with E-state index in [1.54, 1.807) is 12.3 Å². The number of carbonyl (C=O) groups is 2. The zero-order valence-electron chi connectivity index (χ0n) is 14.7. The standard InChI is InChI=1S/C20H18FN3O2S/c1-13-5-4-6-14(9-13)10-15-11-23-20(27-15)24-18(25)12-22-19(26)16-7-2-3-8-17(16)21/h2-9,11H,10,12H2,1H3,(H,22,26)(H,23,24,25). The number of thiazole rings is 1. The third-order valence-corrected chi connectivity index (χ3v) is 4.70. The lowest BCUT2D eigenvalue weighted by Crippen LogP contribution is -2.33. The first-order chi connectivity index (χ1) is 13.0. The molecule has 5 nitrogen and oxygen atoms in total. The largest absolute Gasteiger partial charge is 0.343 e. The quantitative estimate of drug-likeness (QED) is 0.684. The summed E-state index contributed by atoms with van der Waals surface area (Å²) in [5.74, 6) is -1.69. The average Bonchev–Trinajstić information content (AvgIpc) is 3.07. The van der Waals surface area contributed by atoms with Crippen LogP contribution < -0.4 is 10.6 Å². The van der Waals surface area contributed by atoms with Gasteiger partial charge in [0.05, 0.1) is 12.1 Å². The average molecular weight is 383 g/mol. The third kappa shape index (κ3) is 5.21. The molecule has 0 aliphatic rings. The molecule has 3 aromatic rings. The molecule has 0 spiro atoms. The molecule has 0 aliphatic heterocycles. The van der Waals surface area contributed by atoms with Crippen LogP contribution in [0.4, 0.5) is 9.52 Å². The van der Waals surface area contributed by atoms with Crippen LogP contribution in [0.5, 0.6) is 0 Å². The van der Waals surface area contributed by atoms with Crippen molar-refractivity contribution in [3.63, 3.8) is 0 Å². The van der Waals surface area contributed by atoms with Gasteiger partial charge in [0.25, 0.3) is 5.91 Å². The predicted molar refractivity (Wildman–Crippen MR) is 103 cm³/mol. The number of rotatable bonds is 6. The zero-order chi connectivity index (χ0) is 19.2. The van der Waals surface area contributed by atoms with Gasteiger partial charge in [0.1, 0.15) is 5.82 Å². The van der Waals surface area contributed by atoms with Gasteiger partial charge >= 0.3 is 0 Å². The molecule has 0 aliphatic carbocycles. The summed E-state index contributed by atoms with van der Waals surface area (Å²) in [4.78, 5) is 29.1. The minimum absolute atomic E-state index is 0.0972. The van der Waals surface area contributed by atoms with Gasteiger partial charge in [-0.25, -0.2) is 9.37 Å². The van der Waals surface area contributed by atoms with Crippen LogP contribution in [-0.2, 0) is 11.2 Å². The Morgan fingerprint density at radius 3 is 2.74 bits per heavy atom. The van der Waals surface area contributed by atoms with Crippen LogP contribution in [0.1, 0.15) is 26.4 Å². The molecule has 7 heteroatoms. The number of halogens is 1. The molecule has 0 saturated heterocycles. The van der Waals surface area contributed by atoms with Gasteiger partial charge in [-0.15, -0.1) is 11.3 Å². The van der Waals surface area contributed by atoms with Crippen molar-refractivity contribution in [2.45, 2.75) is 13.3 Å². The van der Waals surface area contributed by atoms with E-state index < -0.39 is 17.6 Å². The van der Waals surface area contributed by atoms with Crippen LogP contribution in [-0.4, -0.2) is 23.3 Å². The molecule has 27 heavy (non-hydrogen) atoms. The van der Waals surface area contributed by atoms with Crippen LogP contribution in [0.25, 0.3) is 0 Å². The number of hydrogen-bond acceptors (Lipinski definition) is 4. The van der Waals surface area contributed by atoms with Gasteiger partial charge in [-0.05, 0) is 24.6 Å². The summed E-state index contributed by atoms with van der Waals surface area (Å²) in [5, 5.41) is 5.50. The molecular formula is C20H18FN3O2S. The highest BCUT2D eigenvalue weighted by Gasteiger charge is 2.13. The van der Waals surface area contributed by atoms with Gasteiger partial charge in [0, 0.05) is 17.5 Å². The maximum Gasteiger partial charge on any atom is 0.254 e. The van der Waals surface area contributed by atoms with E-state index in [1.807, 2.05) is 25.1 Å². The Hall–Kier alpha value is -3.06. The van der Waals surface area contributed by atoms with E-state index in [9.17, 15) is 14.0 Å². The fourth-order valence-corrected chi connectivity index (χ4v) is 3.40. The zero-order valence-corrected chi connectivity index (χ0v) is 15.5. The lowest BCUT2D eigenvalue weighted by Gasteiger charge is -2.05. The molecule has 2 amide bonds. The van der Waals surface area contributed by atoms with Crippen molar-refractivity contribution >= 4 is 28.3 Å². The number of aryl methyl sites for hydroxylation is 1. The Bertz CT molecular complexity index is 971. The summed E-state index contributed by atoms with van der Waals surface area (Å²) in [5.41, 5.74) is 2.27. The molecule has 0 saturated carbocycles. The molecule has 0 atom stereocenters. The maximum absolute atomic E-state index is 13.5. The highest BCUT2D eigenvalue weighted by molar-refractivity contribution is 7.15. The summed E-state index contributed by atoms with van der Waals surface area (Å²) in [6, 6.07) is 13.8. The van der Waals surface area contributed by atoms with E-state index in [2.05, 4.69) is 21.7 Å². The van der Waals surface area contributed by atoms with Gasteiger partial charge in [-0.1, -0.05) is 42.0 Å². The maximum atomic E-state index is 13.5. The van der Waals surface area contributed by atoms with Crippen LogP contribution in [0, 0.1) is 12.7 Å². The number of amides is 2. The summed E-state index contributed by atoms with van der Waals surface area (Å²) in [7, 11) is 0. The van der Waals surface area contributed by atoms with E-state index in [-0.39, 0.29) is 12.1 Å². The lowest BCUT2D eigenvalue weighted by atomic mass is 10.1. The molecule has 0 bridgehead atoms. The Kier molecular flexibility index (Phi) is 5.93. The molecule has 1 aromatic heterocycles. The highest BCUT2D eigenvalue weighted by atomic mass is 32.1. The smallest absolute Gasteiger partial charge is 0.254 e. The second kappa shape index (κ2) is 8.55. The molecule has 3 rings (SSSR count). The van der Waals surface area contributed by atoms with Crippen molar-refractivity contribution in [2.24, 2.45) is 0 Å². The first-order valence-electron chi connectivity index (χ1n) is 8.34. The van der Waals surface area contributed by atoms with Gasteiger partial charge in [0.15, 0.2) is 5.13 Å². The number of aromatic nitrogens is 1. The third-order valence-electron chi connectivity index (χ3n) is 3.79. The fourth-order valence-electron chi connectivity index (χ4n) is 2.53. The topological polar surface area (TPSA) is 71.1 Å². The van der Waals surface area contributed by atoms with Gasteiger partial charge in [-0.2, -0.15) is 0 Å². The minimum atomic E-state index is -0.637. The molecule has 0 unspecified atom stereocenters. The summed E-state index contributed by atoms with van der Waals surface area (Å²) < 4.78 is 13.5. The van der Waals surface area contributed by atoms with Crippen LogP contribution in [0.3, 0.4) is 0 Å². The van der Waals surface area contributed by atoms with E-state index in [1.165, 1.54) is 40.7 Å². The molecule has 1 heterocycles. The molecule has 2 aromatic carbocycles. The molecule has 138 valence electrons. The van der Waals surface area contributed by atoms with Crippen LogP contribution in [0.2, 0.25) is 0 Å². The minimum Gasteiger partial charge on any atom is -0.343 e. The number of hydrogen-bond donors (Lipinski definition) is 2. The second-order valence-electron chi connectivity index (χ2n) is 6.01. The van der Waals surface area contributed by atoms with Crippen LogP contribution in [0.15, 0.2) is 54.7 Å².